The van der Waals surface area contributed by atoms with Gasteiger partial charge in [-0.25, -0.2) is 0 Å². The van der Waals surface area contributed by atoms with E-state index in [2.05, 4.69) is 123 Å². The second kappa shape index (κ2) is 46.5. The van der Waals surface area contributed by atoms with E-state index in [4.69, 9.17) is 14.2 Å². The van der Waals surface area contributed by atoms with Crippen molar-refractivity contribution in [1.82, 2.24) is 0 Å². The summed E-state index contributed by atoms with van der Waals surface area (Å²) >= 11 is 0. The Bertz CT molecular complexity index is 1420. The largest absolute Gasteiger partial charge is 0.544 e. The maximum atomic E-state index is 12.8. The number of rotatable bonds is 44. The highest BCUT2D eigenvalue weighted by molar-refractivity contribution is 5.70. The summed E-state index contributed by atoms with van der Waals surface area (Å²) in [6, 6.07) is -0.739. The lowest BCUT2D eigenvalue weighted by atomic mass is 10.1. The molecule has 0 aliphatic heterocycles. The minimum Gasteiger partial charge on any atom is -0.544 e. The highest BCUT2D eigenvalue weighted by Gasteiger charge is 2.25. The number of carbonyl (C=O) groups excluding carboxylic acids is 3. The highest BCUT2D eigenvalue weighted by atomic mass is 16.6. The second-order valence-electron chi connectivity index (χ2n) is 17.6. The fourth-order valence-electron chi connectivity index (χ4n) is 6.79. The molecule has 0 aromatic rings. The standard InChI is InChI=1S/C57H93NO7/c1-6-8-10-12-14-16-18-20-22-24-26-27-28-30-32-34-36-38-40-42-44-46-48-56(60)65-53(51-63-50-49-54(57(61)62)58(3,4)5)52-64-55(59)47-45-43-41-39-37-35-33-31-29-25-23-21-19-17-15-13-11-9-7-2/h8-11,14-17,20-23,26-27,29,31,35,37,53-54H,6-7,12-13,18-19,24-25,28,30,32-34,36,38-52H2,1-5H3/b10-8+,11-9+,16-14+,17-15+,22-20+,23-21+,27-26+,31-29+,37-35+. The first-order chi connectivity index (χ1) is 31.6. The number of carboxylic acid groups (broad SMARTS) is 1. The van der Waals surface area contributed by atoms with E-state index in [0.717, 1.165) is 109 Å². The molecule has 0 radical (unpaired) electrons. The van der Waals surface area contributed by atoms with E-state index in [1.165, 1.54) is 38.5 Å². The number of quaternary nitrogens is 1. The Kier molecular flexibility index (Phi) is 43.6. The van der Waals surface area contributed by atoms with Crippen LogP contribution in [0.25, 0.3) is 0 Å². The van der Waals surface area contributed by atoms with Gasteiger partial charge >= 0.3 is 11.9 Å². The van der Waals surface area contributed by atoms with Gasteiger partial charge in [0.05, 0.1) is 40.3 Å². The van der Waals surface area contributed by atoms with Crippen molar-refractivity contribution in [2.45, 2.75) is 193 Å². The summed E-state index contributed by atoms with van der Waals surface area (Å²) in [5.74, 6) is -1.80. The molecule has 0 fully saturated rings. The number of unbranched alkanes of at least 4 members (excludes halogenated alkanes) is 12. The molecule has 0 bridgehead atoms. The molecule has 0 N–H and O–H groups in total. The lowest BCUT2D eigenvalue weighted by molar-refractivity contribution is -0.889. The molecule has 0 aliphatic rings. The number of carbonyl (C=O) groups is 3. The molecule has 0 aromatic heterocycles. The number of aliphatic carboxylic acids is 1. The van der Waals surface area contributed by atoms with Gasteiger partial charge in [0.15, 0.2) is 6.10 Å². The number of nitrogens with zero attached hydrogens (tertiary/aromatic N) is 1. The summed E-state index contributed by atoms with van der Waals surface area (Å²) in [7, 11) is 5.39. The van der Waals surface area contributed by atoms with Crippen molar-refractivity contribution in [2.75, 3.05) is 41.0 Å². The van der Waals surface area contributed by atoms with Gasteiger partial charge in [-0.1, -0.05) is 175 Å². The molecule has 0 amide bonds. The molecule has 0 saturated heterocycles. The molecule has 2 unspecified atom stereocenters. The lowest BCUT2D eigenvalue weighted by Crippen LogP contribution is -2.55. The molecule has 0 saturated carbocycles. The highest BCUT2D eigenvalue weighted by Crippen LogP contribution is 2.14. The fourth-order valence-corrected chi connectivity index (χ4v) is 6.79. The minimum absolute atomic E-state index is 0.0205. The first kappa shape index (κ1) is 61.0. The maximum absolute atomic E-state index is 12.8. The van der Waals surface area contributed by atoms with Gasteiger partial charge < -0.3 is 28.6 Å². The topological polar surface area (TPSA) is 102 Å². The van der Waals surface area contributed by atoms with Crippen molar-refractivity contribution in [3.8, 4) is 0 Å². The summed E-state index contributed by atoms with van der Waals surface area (Å²) in [6.07, 6.45) is 64.0. The fraction of sp³-hybridized carbons (Fsp3) is 0.632. The van der Waals surface area contributed by atoms with Gasteiger partial charge in [0.2, 0.25) is 0 Å². The van der Waals surface area contributed by atoms with Crippen LogP contribution in [0.2, 0.25) is 0 Å². The predicted octanol–water partition coefficient (Wildman–Crippen LogP) is 13.5. The Balaban J connectivity index is 4.34. The van der Waals surface area contributed by atoms with Crippen LogP contribution in [0.3, 0.4) is 0 Å². The van der Waals surface area contributed by atoms with Gasteiger partial charge in [-0.3, -0.25) is 9.59 Å². The zero-order chi connectivity index (χ0) is 47.7. The summed E-state index contributed by atoms with van der Waals surface area (Å²) in [5.41, 5.74) is 0. The summed E-state index contributed by atoms with van der Waals surface area (Å²) in [6.45, 7) is 4.39. The third kappa shape index (κ3) is 45.0. The molecule has 368 valence electrons. The zero-order valence-electron chi connectivity index (χ0n) is 41.9. The van der Waals surface area contributed by atoms with Gasteiger partial charge in [0.25, 0.3) is 0 Å². The van der Waals surface area contributed by atoms with Crippen molar-refractivity contribution >= 4 is 17.9 Å². The summed E-state index contributed by atoms with van der Waals surface area (Å²) in [4.78, 5) is 37.0. The van der Waals surface area contributed by atoms with Gasteiger partial charge in [0, 0.05) is 19.3 Å². The van der Waals surface area contributed by atoms with Gasteiger partial charge in [0.1, 0.15) is 12.6 Å². The van der Waals surface area contributed by atoms with Gasteiger partial charge in [-0.15, -0.1) is 0 Å². The minimum atomic E-state index is -1.13. The van der Waals surface area contributed by atoms with E-state index in [9.17, 15) is 19.5 Å². The van der Waals surface area contributed by atoms with Crippen molar-refractivity contribution in [1.29, 1.82) is 0 Å². The van der Waals surface area contributed by atoms with Crippen LogP contribution in [0, 0.1) is 0 Å². The smallest absolute Gasteiger partial charge is 0.306 e. The average molecular weight is 904 g/mol. The monoisotopic (exact) mass is 904 g/mol. The van der Waals surface area contributed by atoms with E-state index in [0.29, 0.717) is 12.8 Å². The number of carboxylic acids is 1. The third-order valence-corrected chi connectivity index (χ3v) is 10.7. The zero-order valence-corrected chi connectivity index (χ0v) is 41.9. The maximum Gasteiger partial charge on any atom is 0.306 e. The quantitative estimate of drug-likeness (QED) is 0.0260. The lowest BCUT2D eigenvalue weighted by Gasteiger charge is -2.34. The molecule has 8 heteroatoms. The molecule has 0 aromatic carbocycles. The van der Waals surface area contributed by atoms with Crippen LogP contribution in [-0.2, 0) is 28.6 Å². The van der Waals surface area contributed by atoms with Crippen LogP contribution in [-0.4, -0.2) is 75.5 Å². The van der Waals surface area contributed by atoms with Crippen molar-refractivity contribution < 1.29 is 38.2 Å². The van der Waals surface area contributed by atoms with Crippen LogP contribution in [0.15, 0.2) is 109 Å². The molecular weight excluding hydrogens is 811 g/mol. The molecule has 0 heterocycles. The van der Waals surface area contributed by atoms with Gasteiger partial charge in [-0.05, 0) is 96.3 Å². The average Bonchev–Trinajstić information content (AvgIpc) is 3.27. The number of hydrogen-bond acceptors (Lipinski definition) is 7. The first-order valence-corrected chi connectivity index (χ1v) is 25.4. The molecule has 0 aliphatic carbocycles. The molecule has 8 nitrogen and oxygen atoms in total. The number of likely N-dealkylation sites (N-methyl/N-ethyl adjacent to an activating group) is 1. The van der Waals surface area contributed by atoms with Crippen molar-refractivity contribution in [2.24, 2.45) is 0 Å². The molecule has 65 heavy (non-hydrogen) atoms. The number of esters is 2. The van der Waals surface area contributed by atoms with Crippen LogP contribution < -0.4 is 5.11 Å². The molecular formula is C57H93NO7. The van der Waals surface area contributed by atoms with Crippen molar-refractivity contribution in [3.05, 3.63) is 109 Å². The van der Waals surface area contributed by atoms with E-state index < -0.39 is 18.1 Å². The van der Waals surface area contributed by atoms with Crippen LogP contribution in [0.5, 0.6) is 0 Å². The van der Waals surface area contributed by atoms with Crippen LogP contribution >= 0.6 is 0 Å². The van der Waals surface area contributed by atoms with E-state index in [-0.39, 0.29) is 42.7 Å². The second-order valence-corrected chi connectivity index (χ2v) is 17.6. The summed E-state index contributed by atoms with van der Waals surface area (Å²) < 4.78 is 17.2. The normalized spacial score (nSPS) is 13.8. The Morgan fingerprint density at radius 2 is 0.815 bits per heavy atom. The predicted molar refractivity (Wildman–Crippen MR) is 272 cm³/mol. The Labute approximate surface area is 398 Å². The first-order valence-electron chi connectivity index (χ1n) is 25.4. The van der Waals surface area contributed by atoms with Crippen molar-refractivity contribution in [3.63, 3.8) is 0 Å². The van der Waals surface area contributed by atoms with Crippen LogP contribution in [0.4, 0.5) is 0 Å². The third-order valence-electron chi connectivity index (χ3n) is 10.7. The Morgan fingerprint density at radius 1 is 0.462 bits per heavy atom. The number of ether oxygens (including phenoxy) is 3. The van der Waals surface area contributed by atoms with Crippen LogP contribution in [0.1, 0.15) is 181 Å². The Morgan fingerprint density at radius 3 is 1.22 bits per heavy atom. The SMILES string of the molecule is CC/C=C/C/C=C/C/C=C/C/C=C/C/C=C/CCCCCC(=O)OCC(COCCC(C(=O)[O-])[N+](C)(C)C)OC(=O)CCCCCCCCCCC/C=C/C/C=C/C/C=C/C/C=C/CC. The number of allylic oxidation sites excluding steroid dienone is 18. The number of hydrogen-bond donors (Lipinski definition) is 0. The molecule has 0 rings (SSSR count). The Hall–Kier alpha value is -4.01. The molecule has 2 atom stereocenters. The van der Waals surface area contributed by atoms with E-state index >= 15 is 0 Å². The summed E-state index contributed by atoms with van der Waals surface area (Å²) in [5, 5.41) is 11.7. The molecule has 0 spiro atoms. The van der Waals surface area contributed by atoms with Gasteiger partial charge in [-0.2, -0.15) is 0 Å². The van der Waals surface area contributed by atoms with E-state index in [1.807, 2.05) is 0 Å². The van der Waals surface area contributed by atoms with E-state index in [1.54, 1.807) is 21.1 Å².